The lowest BCUT2D eigenvalue weighted by molar-refractivity contribution is 0.100. The lowest BCUT2D eigenvalue weighted by Crippen LogP contribution is -2.30. The van der Waals surface area contributed by atoms with E-state index >= 15 is 0 Å². The zero-order valence-corrected chi connectivity index (χ0v) is 21.5. The molecule has 14 heteroatoms. The lowest BCUT2D eigenvalue weighted by atomic mass is 10.0. The van der Waals surface area contributed by atoms with Crippen molar-refractivity contribution >= 4 is 56.0 Å². The molecule has 0 unspecified atom stereocenters. The summed E-state index contributed by atoms with van der Waals surface area (Å²) in [6.45, 7) is 1.63. The molecule has 0 spiro atoms. The van der Waals surface area contributed by atoms with Gasteiger partial charge in [-0.2, -0.15) is 13.1 Å². The Kier molecular flexibility index (Phi) is 8.07. The molecule has 1 amide bonds. The number of hydrogen-bond acceptors (Lipinski definition) is 6. The van der Waals surface area contributed by atoms with E-state index in [0.717, 1.165) is 4.57 Å². The van der Waals surface area contributed by atoms with Gasteiger partial charge in [-0.15, -0.1) is 0 Å². The Morgan fingerprint density at radius 3 is 2.54 bits per heavy atom. The van der Waals surface area contributed by atoms with Gasteiger partial charge in [0.15, 0.2) is 11.6 Å². The summed E-state index contributed by atoms with van der Waals surface area (Å²) in [5.41, 5.74) is 4.75. The number of carbonyl (C=O) groups is 1. The van der Waals surface area contributed by atoms with Gasteiger partial charge in [-0.25, -0.2) is 13.8 Å². The topological polar surface area (TPSA) is 148 Å². The minimum absolute atomic E-state index is 0.000484. The van der Waals surface area contributed by atoms with Crippen LogP contribution in [0.4, 0.5) is 26.1 Å². The van der Waals surface area contributed by atoms with E-state index in [1.165, 1.54) is 37.5 Å². The second-order valence-electron chi connectivity index (χ2n) is 7.32. The minimum Gasteiger partial charge on any atom is -0.365 e. The van der Waals surface area contributed by atoms with Gasteiger partial charge in [0.2, 0.25) is 0 Å². The van der Waals surface area contributed by atoms with Crippen molar-refractivity contribution in [2.75, 3.05) is 16.6 Å². The highest BCUT2D eigenvalue weighted by molar-refractivity contribution is 14.1. The van der Waals surface area contributed by atoms with Gasteiger partial charge in [-0.3, -0.25) is 18.9 Å². The molecule has 2 heterocycles. The number of rotatable bonds is 9. The van der Waals surface area contributed by atoms with Crippen molar-refractivity contribution in [1.29, 1.82) is 0 Å². The Labute approximate surface area is 213 Å². The number of primary amides is 1. The molecule has 2 aromatic heterocycles. The average Bonchev–Trinajstić information content (AvgIpc) is 2.77. The number of nitrogens with zero attached hydrogens (tertiary/aromatic N) is 2. The smallest absolute Gasteiger partial charge is 0.300 e. The standard InChI is InChI=1S/C21H21F2IN6O4S/c1-3-27-35(33,34)29-19-17(23)11(6-7-26-19)8-12-9-14(18(25)31)20(30(2)21(12)32)28-16-5-4-13(24)10-15(16)22/h4-7,9-10,27-28H,3,8H2,1-2H3,(H2,25,31)(H,26,29). The van der Waals surface area contributed by atoms with Gasteiger partial charge >= 0.3 is 0 Å². The number of halogens is 3. The average molecular weight is 618 g/mol. The van der Waals surface area contributed by atoms with Crippen molar-refractivity contribution in [2.24, 2.45) is 12.8 Å². The highest BCUT2D eigenvalue weighted by atomic mass is 127. The second-order valence-corrected chi connectivity index (χ2v) is 10.1. The van der Waals surface area contributed by atoms with Crippen molar-refractivity contribution in [3.05, 3.63) is 78.8 Å². The highest BCUT2D eigenvalue weighted by Crippen LogP contribution is 2.25. The van der Waals surface area contributed by atoms with Crippen molar-refractivity contribution in [2.45, 2.75) is 13.3 Å². The fraction of sp³-hybridized carbons (Fsp3) is 0.190. The predicted molar refractivity (Wildman–Crippen MR) is 136 cm³/mol. The van der Waals surface area contributed by atoms with Crippen LogP contribution in [-0.4, -0.2) is 30.4 Å². The lowest BCUT2D eigenvalue weighted by Gasteiger charge is -2.17. The molecule has 0 aliphatic rings. The maximum absolute atomic E-state index is 15.0. The molecule has 0 atom stereocenters. The molecule has 0 radical (unpaired) electrons. The van der Waals surface area contributed by atoms with E-state index < -0.39 is 39.1 Å². The largest absolute Gasteiger partial charge is 0.365 e. The van der Waals surface area contributed by atoms with Crippen LogP contribution in [0.2, 0.25) is 0 Å². The third-order valence-corrected chi connectivity index (χ3v) is 6.66. The second kappa shape index (κ2) is 10.7. The number of amides is 1. The van der Waals surface area contributed by atoms with Crippen LogP contribution >= 0.6 is 22.6 Å². The normalized spacial score (nSPS) is 11.3. The van der Waals surface area contributed by atoms with Gasteiger partial charge in [0, 0.05) is 35.3 Å². The fourth-order valence-corrected chi connectivity index (χ4v) is 4.54. The van der Waals surface area contributed by atoms with E-state index in [2.05, 4.69) is 15.0 Å². The maximum Gasteiger partial charge on any atom is 0.300 e. The Balaban J connectivity index is 2.02. The van der Waals surface area contributed by atoms with E-state index in [9.17, 15) is 26.8 Å². The number of carbonyl (C=O) groups excluding carboxylic acids is 1. The molecule has 1 aromatic carbocycles. The van der Waals surface area contributed by atoms with Crippen molar-refractivity contribution < 1.29 is 22.0 Å². The van der Waals surface area contributed by atoms with Crippen LogP contribution in [0.1, 0.15) is 28.4 Å². The summed E-state index contributed by atoms with van der Waals surface area (Å²) in [6.07, 6.45) is 0.882. The first kappa shape index (κ1) is 26.5. The molecule has 10 nitrogen and oxygen atoms in total. The number of nitrogens with two attached hydrogens (primary N) is 1. The molecule has 0 fully saturated rings. The maximum atomic E-state index is 15.0. The number of nitrogens with one attached hydrogen (secondary N) is 3. The number of aromatic nitrogens is 2. The summed E-state index contributed by atoms with van der Waals surface area (Å²) in [5.74, 6) is -3.08. The first-order valence-electron chi connectivity index (χ1n) is 10.1. The first-order valence-corrected chi connectivity index (χ1v) is 12.6. The summed E-state index contributed by atoms with van der Waals surface area (Å²) in [5, 5.41) is 2.72. The van der Waals surface area contributed by atoms with Crippen LogP contribution in [0, 0.1) is 15.2 Å². The van der Waals surface area contributed by atoms with Gasteiger partial charge in [-0.05, 0) is 58.5 Å². The molecule has 0 aliphatic carbocycles. The summed E-state index contributed by atoms with van der Waals surface area (Å²) in [6, 6.07) is 6.82. The van der Waals surface area contributed by atoms with Gasteiger partial charge in [0.25, 0.3) is 21.7 Å². The quantitative estimate of drug-likeness (QED) is 0.271. The number of anilines is 3. The highest BCUT2D eigenvalue weighted by Gasteiger charge is 2.21. The van der Waals surface area contributed by atoms with Crippen LogP contribution in [0.15, 0.2) is 41.3 Å². The number of hydrogen-bond donors (Lipinski definition) is 4. The van der Waals surface area contributed by atoms with E-state index in [4.69, 9.17) is 5.73 Å². The minimum atomic E-state index is -4.04. The van der Waals surface area contributed by atoms with Crippen molar-refractivity contribution in [3.63, 3.8) is 0 Å². The molecule has 35 heavy (non-hydrogen) atoms. The Bertz CT molecular complexity index is 1460. The van der Waals surface area contributed by atoms with Crippen LogP contribution in [0.3, 0.4) is 0 Å². The zero-order chi connectivity index (χ0) is 25.9. The molecule has 3 rings (SSSR count). The molecule has 186 valence electrons. The molecule has 3 aromatic rings. The Morgan fingerprint density at radius 2 is 1.91 bits per heavy atom. The molecular formula is C21H21F2IN6O4S. The van der Waals surface area contributed by atoms with Gasteiger partial charge < -0.3 is 11.1 Å². The first-order chi connectivity index (χ1) is 16.4. The van der Waals surface area contributed by atoms with Crippen LogP contribution in [0.25, 0.3) is 0 Å². The molecule has 0 bridgehead atoms. The van der Waals surface area contributed by atoms with Gasteiger partial charge in [0.05, 0.1) is 11.3 Å². The third-order valence-electron chi connectivity index (χ3n) is 4.85. The Morgan fingerprint density at radius 1 is 1.20 bits per heavy atom. The van der Waals surface area contributed by atoms with Crippen LogP contribution in [-0.2, 0) is 23.7 Å². The van der Waals surface area contributed by atoms with Crippen molar-refractivity contribution in [1.82, 2.24) is 14.3 Å². The summed E-state index contributed by atoms with van der Waals surface area (Å²) >= 11 is 1.94. The van der Waals surface area contributed by atoms with Gasteiger partial charge in [-0.1, -0.05) is 6.92 Å². The van der Waals surface area contributed by atoms with E-state index in [-0.39, 0.29) is 41.2 Å². The number of benzene rings is 1. The van der Waals surface area contributed by atoms with Crippen molar-refractivity contribution in [3.8, 4) is 0 Å². The van der Waals surface area contributed by atoms with E-state index in [0.29, 0.717) is 3.57 Å². The van der Waals surface area contributed by atoms with E-state index in [1.54, 1.807) is 13.0 Å². The van der Waals surface area contributed by atoms with Gasteiger partial charge in [0.1, 0.15) is 11.6 Å². The Hall–Kier alpha value is -3.11. The van der Waals surface area contributed by atoms with Crippen LogP contribution < -0.4 is 26.1 Å². The fourth-order valence-electron chi connectivity index (χ4n) is 3.24. The third kappa shape index (κ3) is 6.12. The van der Waals surface area contributed by atoms with E-state index in [1.807, 2.05) is 27.3 Å². The molecule has 0 saturated carbocycles. The number of pyridine rings is 2. The molecule has 0 aliphatic heterocycles. The summed E-state index contributed by atoms with van der Waals surface area (Å²) in [4.78, 5) is 28.9. The zero-order valence-electron chi connectivity index (χ0n) is 18.5. The SMILES string of the molecule is CCNS(=O)(=O)Nc1nccc(Cc2cc(C(N)=O)c(Nc3ccc(I)cc3F)n(C)c2=O)c1F. The monoisotopic (exact) mass is 618 g/mol. The summed E-state index contributed by atoms with van der Waals surface area (Å²) in [7, 11) is -2.69. The predicted octanol–water partition coefficient (Wildman–Crippen LogP) is 2.36. The molecular weight excluding hydrogens is 597 g/mol. The molecule has 5 N–H and O–H groups in total. The van der Waals surface area contributed by atoms with Crippen LogP contribution in [0.5, 0.6) is 0 Å². The molecule has 0 saturated heterocycles. The summed E-state index contributed by atoms with van der Waals surface area (Å²) < 4.78 is 59.0.